The van der Waals surface area contributed by atoms with Crippen molar-refractivity contribution in [3.8, 4) is 6.07 Å². The molecule has 3 aliphatic heterocycles. The van der Waals surface area contributed by atoms with Crippen LogP contribution in [0.2, 0.25) is 10.1 Å². The third-order valence-corrected chi connectivity index (χ3v) is 16.6. The molecule has 314 valence electrons. The minimum Gasteiger partial charge on any atom is -0.456 e. The molecule has 1 aromatic heterocycles. The Morgan fingerprint density at radius 1 is 1.05 bits per heavy atom. The van der Waals surface area contributed by atoms with Gasteiger partial charge in [0.25, 0.3) is 5.56 Å². The molecular formula is C32H50N4O17P2Si. The molecule has 1 aromatic rings. The van der Waals surface area contributed by atoms with Crippen molar-refractivity contribution in [3.63, 3.8) is 0 Å². The highest BCUT2D eigenvalue weighted by molar-refractivity contribution is 7.58. The molecule has 3 fully saturated rings. The van der Waals surface area contributed by atoms with E-state index in [4.69, 9.17) is 50.9 Å². The van der Waals surface area contributed by atoms with E-state index in [9.17, 15) is 33.4 Å². The second-order valence-electron chi connectivity index (χ2n) is 15.3. The zero-order valence-corrected chi connectivity index (χ0v) is 35.4. The van der Waals surface area contributed by atoms with Crippen LogP contribution in [-0.2, 0) is 64.6 Å². The number of nitrogens with one attached hydrogen (secondary N) is 2. The molecule has 10 atom stereocenters. The summed E-state index contributed by atoms with van der Waals surface area (Å²) < 4.78 is 72.5. The fourth-order valence-corrected chi connectivity index (χ4v) is 14.2. The van der Waals surface area contributed by atoms with E-state index in [1.807, 2.05) is 47.6 Å². The first-order valence-electron chi connectivity index (χ1n) is 17.7. The van der Waals surface area contributed by atoms with Crippen molar-refractivity contribution in [2.45, 2.75) is 134 Å². The van der Waals surface area contributed by atoms with Crippen LogP contribution in [0.1, 0.15) is 81.4 Å². The predicted molar refractivity (Wildman–Crippen MR) is 194 cm³/mol. The molecule has 3 aliphatic rings. The van der Waals surface area contributed by atoms with Crippen molar-refractivity contribution in [1.29, 1.82) is 5.26 Å². The monoisotopic (exact) mass is 852 g/mol. The van der Waals surface area contributed by atoms with Gasteiger partial charge in [-0.25, -0.2) is 13.7 Å². The van der Waals surface area contributed by atoms with Crippen molar-refractivity contribution >= 4 is 42.8 Å². The summed E-state index contributed by atoms with van der Waals surface area (Å²) in [6.07, 6.45) is -7.40. The lowest BCUT2D eigenvalue weighted by atomic mass is 10.0. The molecule has 3 N–H and O–H groups in total. The Morgan fingerprint density at radius 3 is 2.27 bits per heavy atom. The molecule has 4 rings (SSSR count). The summed E-state index contributed by atoms with van der Waals surface area (Å²) in [6, 6.07) is 1.89. The number of amides is 1. The van der Waals surface area contributed by atoms with Gasteiger partial charge in [0.15, 0.2) is 24.7 Å². The first-order valence-corrected chi connectivity index (χ1v) is 22.1. The number of phosphoric ester groups is 1. The number of aromatic amines is 1. The van der Waals surface area contributed by atoms with Crippen LogP contribution in [0, 0.1) is 11.3 Å². The van der Waals surface area contributed by atoms with Crippen LogP contribution in [0.3, 0.4) is 0 Å². The van der Waals surface area contributed by atoms with Gasteiger partial charge in [0.05, 0.1) is 44.5 Å². The number of aromatic nitrogens is 2. The van der Waals surface area contributed by atoms with Gasteiger partial charge in [-0.15, -0.1) is 0 Å². The van der Waals surface area contributed by atoms with Gasteiger partial charge in [-0.3, -0.25) is 33.3 Å². The van der Waals surface area contributed by atoms with E-state index in [0.717, 1.165) is 30.7 Å². The lowest BCUT2D eigenvalue weighted by Gasteiger charge is -2.56. The zero-order valence-electron chi connectivity index (χ0n) is 32.6. The van der Waals surface area contributed by atoms with E-state index in [0.29, 0.717) is 0 Å². The minimum absolute atomic E-state index is 0.0904. The first-order chi connectivity index (χ1) is 26.0. The van der Waals surface area contributed by atoms with Crippen molar-refractivity contribution in [1.82, 2.24) is 14.9 Å². The molecule has 0 aliphatic carbocycles. The minimum atomic E-state index is -5.20. The number of H-pyrrole nitrogens is 1. The molecular weight excluding hydrogens is 802 g/mol. The Morgan fingerprint density at radius 2 is 1.70 bits per heavy atom. The van der Waals surface area contributed by atoms with Crippen LogP contribution in [-0.4, -0.2) is 104 Å². The smallest absolute Gasteiger partial charge is 0.456 e. The molecule has 0 aromatic carbocycles. The topological polar surface area (TPSA) is 271 Å². The van der Waals surface area contributed by atoms with E-state index in [1.54, 1.807) is 0 Å². The van der Waals surface area contributed by atoms with Gasteiger partial charge in [0.1, 0.15) is 12.2 Å². The van der Waals surface area contributed by atoms with Crippen molar-refractivity contribution in [2.24, 2.45) is 0 Å². The highest BCUT2D eigenvalue weighted by Crippen LogP contribution is 2.60. The van der Waals surface area contributed by atoms with Gasteiger partial charge in [-0.1, -0.05) is 41.5 Å². The lowest BCUT2D eigenvalue weighted by Crippen LogP contribution is -2.68. The molecule has 0 radical (unpaired) electrons. The number of carbonyl (C=O) groups is 3. The van der Waals surface area contributed by atoms with Crippen LogP contribution in [0.15, 0.2) is 21.9 Å². The van der Waals surface area contributed by atoms with Crippen LogP contribution < -0.4 is 16.6 Å². The number of hydrogen-bond donors (Lipinski definition) is 3. The summed E-state index contributed by atoms with van der Waals surface area (Å²) in [5.74, 6) is -2.12. The van der Waals surface area contributed by atoms with E-state index in [1.165, 1.54) is 6.92 Å². The standard InChI is InChI=1S/C32H50N4O17P2Si/c1-18(37)34-21-15-22-23(17-46-56(52-22,31(4,5)6)32(7,8)9)50-29(21)51-55(42,43)53-54(44-14-10-12-33)45-16-24-26(47-19(2)38)27(48-20(3)39)28(49-24)36-13-11-25(40)35-30(36)41/h11,13,21-24,26-29H,10,14-17H2,1-9H3,(H,34,37)(H,42,43)(H,35,40,41). The first kappa shape index (κ1) is 45.8. The average Bonchev–Trinajstić information content (AvgIpc) is 3.36. The normalized spacial score (nSPS) is 29.2. The largest absolute Gasteiger partial charge is 0.481 e. The van der Waals surface area contributed by atoms with Gasteiger partial charge in [0.2, 0.25) is 5.91 Å². The van der Waals surface area contributed by atoms with Crippen LogP contribution >= 0.6 is 16.4 Å². The van der Waals surface area contributed by atoms with E-state index < -0.39 is 110 Å². The van der Waals surface area contributed by atoms with Gasteiger partial charge in [0, 0.05) is 49.5 Å². The molecule has 24 heteroatoms. The van der Waals surface area contributed by atoms with E-state index in [2.05, 4.69) is 10.3 Å². The Balaban J connectivity index is 1.54. The molecule has 21 nitrogen and oxygen atoms in total. The highest BCUT2D eigenvalue weighted by atomic mass is 31.3. The number of phosphoric acid groups is 1. The van der Waals surface area contributed by atoms with Gasteiger partial charge in [-0.05, 0) is 0 Å². The Kier molecular flexibility index (Phi) is 15.0. The van der Waals surface area contributed by atoms with Crippen LogP contribution in [0.4, 0.5) is 0 Å². The van der Waals surface area contributed by atoms with Crippen molar-refractivity contribution in [2.75, 3.05) is 19.8 Å². The van der Waals surface area contributed by atoms with Gasteiger partial charge >= 0.3 is 42.6 Å². The second kappa shape index (κ2) is 18.3. The summed E-state index contributed by atoms with van der Waals surface area (Å²) in [5, 5.41) is 11.1. The van der Waals surface area contributed by atoms with Crippen LogP contribution in [0.25, 0.3) is 0 Å². The molecule has 56 heavy (non-hydrogen) atoms. The fourth-order valence-electron chi connectivity index (χ4n) is 6.95. The molecule has 10 unspecified atom stereocenters. The van der Waals surface area contributed by atoms with Crippen LogP contribution in [0.5, 0.6) is 0 Å². The molecule has 1 amide bonds. The van der Waals surface area contributed by atoms with Crippen molar-refractivity contribution < 1.29 is 69.5 Å². The number of ether oxygens (including phenoxy) is 4. The quantitative estimate of drug-likeness (QED) is 0.105. The van der Waals surface area contributed by atoms with Gasteiger partial charge < -0.3 is 47.1 Å². The number of carbonyl (C=O) groups excluding carboxylic acids is 3. The predicted octanol–water partition coefficient (Wildman–Crippen LogP) is 2.68. The maximum absolute atomic E-state index is 13.6. The molecule has 4 heterocycles. The molecule has 3 saturated heterocycles. The van der Waals surface area contributed by atoms with E-state index in [-0.39, 0.29) is 36.1 Å². The third kappa shape index (κ3) is 11.2. The highest BCUT2D eigenvalue weighted by Gasteiger charge is 2.63. The van der Waals surface area contributed by atoms with Crippen molar-refractivity contribution in [3.05, 3.63) is 33.1 Å². The SMILES string of the molecule is CC(=O)NC1CC2O[Si](C(C)(C)C)(C(C)(C)C)OCC2OC1OP(=O)(O)OP(OCCC#N)OCC1OC(n2ccc(=O)[nH]c2=O)C(OC(C)=O)C1OC(C)=O. The summed E-state index contributed by atoms with van der Waals surface area (Å²) in [5.41, 5.74) is -1.65. The number of esters is 2. The number of hydrogen-bond acceptors (Lipinski definition) is 17. The lowest BCUT2D eigenvalue weighted by molar-refractivity contribution is -0.228. The number of rotatable bonds is 14. The molecule has 0 spiro atoms. The van der Waals surface area contributed by atoms with E-state index >= 15 is 0 Å². The number of nitriles is 1. The number of fused-ring (bicyclic) bond motifs is 1. The Labute approximate surface area is 325 Å². The second-order valence-corrected chi connectivity index (χ2v) is 22.8. The van der Waals surface area contributed by atoms with Gasteiger partial charge in [-0.2, -0.15) is 5.26 Å². The summed E-state index contributed by atoms with van der Waals surface area (Å²) in [4.78, 5) is 73.9. The fraction of sp³-hybridized carbons (Fsp3) is 0.750. The summed E-state index contributed by atoms with van der Waals surface area (Å²) in [7, 11) is -11.0. The average molecular weight is 853 g/mol. The number of nitrogens with zero attached hydrogens (tertiary/aromatic N) is 2. The summed E-state index contributed by atoms with van der Waals surface area (Å²) in [6.45, 7) is 14.8. The summed E-state index contributed by atoms with van der Waals surface area (Å²) >= 11 is 0. The maximum atomic E-state index is 13.6. The maximum Gasteiger partial charge on any atom is 0.481 e. The molecule has 0 bridgehead atoms. The Bertz CT molecular complexity index is 1780. The Hall–Kier alpha value is -2.90. The molecule has 0 saturated carbocycles. The zero-order chi connectivity index (χ0) is 41.8. The third-order valence-electron chi connectivity index (χ3n) is 8.85.